The normalized spacial score (nSPS) is 11.3. The minimum absolute atomic E-state index is 0.0165. The van der Waals surface area contributed by atoms with Crippen LogP contribution in [0.3, 0.4) is 0 Å². The van der Waals surface area contributed by atoms with Gasteiger partial charge in [-0.1, -0.05) is 12.1 Å². The Kier molecular flexibility index (Phi) is 5.69. The molecule has 2 aromatic carbocycles. The Labute approximate surface area is 142 Å². The highest BCUT2D eigenvalue weighted by Gasteiger charge is 2.31. The van der Waals surface area contributed by atoms with Crippen molar-refractivity contribution in [2.45, 2.75) is 19.2 Å². The first-order valence-electron chi connectivity index (χ1n) is 7.35. The molecule has 0 radical (unpaired) electrons. The molecule has 0 fully saturated rings. The maximum atomic E-state index is 12.9. The topological polar surface area (TPSA) is 55.8 Å². The number of rotatable bonds is 5. The molecule has 0 bridgehead atoms. The molecule has 4 nitrogen and oxygen atoms in total. The van der Waals surface area contributed by atoms with E-state index in [1.54, 1.807) is 18.2 Å². The van der Waals surface area contributed by atoms with Crippen molar-refractivity contribution in [3.63, 3.8) is 0 Å². The highest BCUT2D eigenvalue weighted by molar-refractivity contribution is 5.77. The maximum Gasteiger partial charge on any atom is 0.416 e. The molecular formula is C18H17F3O4. The van der Waals surface area contributed by atoms with E-state index < -0.39 is 24.3 Å². The fourth-order valence-electron chi connectivity index (χ4n) is 2.48. The third-order valence-electron chi connectivity index (χ3n) is 3.73. The number of ether oxygens (including phenoxy) is 2. The van der Waals surface area contributed by atoms with E-state index in [4.69, 9.17) is 4.74 Å². The molecule has 134 valence electrons. The summed E-state index contributed by atoms with van der Waals surface area (Å²) in [6, 6.07) is 8.06. The van der Waals surface area contributed by atoms with E-state index >= 15 is 0 Å². The van der Waals surface area contributed by atoms with Crippen LogP contribution in [-0.4, -0.2) is 25.3 Å². The van der Waals surface area contributed by atoms with Crippen LogP contribution in [0.5, 0.6) is 5.75 Å². The van der Waals surface area contributed by atoms with E-state index in [1.165, 1.54) is 20.3 Å². The number of hydrogen-bond donors (Lipinski definition) is 1. The van der Waals surface area contributed by atoms with E-state index in [1.807, 2.05) is 0 Å². The van der Waals surface area contributed by atoms with E-state index in [9.17, 15) is 23.1 Å². The Morgan fingerprint density at radius 1 is 1.08 bits per heavy atom. The minimum atomic E-state index is -4.50. The molecule has 0 spiro atoms. The number of aliphatic hydroxyl groups is 1. The predicted molar refractivity (Wildman–Crippen MR) is 85.1 cm³/mol. The van der Waals surface area contributed by atoms with Crippen molar-refractivity contribution in [3.05, 3.63) is 53.1 Å². The summed E-state index contributed by atoms with van der Waals surface area (Å²) < 4.78 is 48.5. The summed E-state index contributed by atoms with van der Waals surface area (Å²) in [7, 11) is 2.70. The highest BCUT2D eigenvalue weighted by Crippen LogP contribution is 2.37. The number of hydrogen-bond acceptors (Lipinski definition) is 4. The summed E-state index contributed by atoms with van der Waals surface area (Å²) in [5.74, 6) is -0.0195. The summed E-state index contributed by atoms with van der Waals surface area (Å²) in [4.78, 5) is 11.4. The number of carbonyl (C=O) groups excluding carboxylic acids is 1. The summed E-state index contributed by atoms with van der Waals surface area (Å²) in [6.07, 6.45) is -4.48. The number of halogens is 3. The number of alkyl halides is 3. The van der Waals surface area contributed by atoms with Crippen molar-refractivity contribution in [1.82, 2.24) is 0 Å². The van der Waals surface area contributed by atoms with Gasteiger partial charge in [0.25, 0.3) is 0 Å². The van der Waals surface area contributed by atoms with Crippen LogP contribution in [0.1, 0.15) is 16.7 Å². The van der Waals surface area contributed by atoms with Crippen LogP contribution in [0.15, 0.2) is 36.4 Å². The average molecular weight is 354 g/mol. The summed E-state index contributed by atoms with van der Waals surface area (Å²) in [5.41, 5.74) is 0.778. The van der Waals surface area contributed by atoms with Crippen molar-refractivity contribution in [2.75, 3.05) is 14.2 Å². The number of benzene rings is 2. The van der Waals surface area contributed by atoms with Gasteiger partial charge < -0.3 is 14.6 Å². The van der Waals surface area contributed by atoms with Crippen molar-refractivity contribution in [3.8, 4) is 16.9 Å². The van der Waals surface area contributed by atoms with Gasteiger partial charge in [-0.05, 0) is 41.0 Å². The molecule has 25 heavy (non-hydrogen) atoms. The number of carbonyl (C=O) groups is 1. The first-order chi connectivity index (χ1) is 11.8. The van der Waals surface area contributed by atoms with Crippen LogP contribution in [-0.2, 0) is 28.7 Å². The van der Waals surface area contributed by atoms with E-state index in [2.05, 4.69) is 4.74 Å². The Morgan fingerprint density at radius 2 is 1.80 bits per heavy atom. The maximum absolute atomic E-state index is 12.9. The zero-order valence-electron chi connectivity index (χ0n) is 13.7. The molecule has 0 heterocycles. The molecule has 0 aliphatic rings. The van der Waals surface area contributed by atoms with Gasteiger partial charge in [-0.25, -0.2) is 0 Å². The Bertz CT molecular complexity index is 769. The van der Waals surface area contributed by atoms with E-state index in [0.29, 0.717) is 22.4 Å². The van der Waals surface area contributed by atoms with Crippen LogP contribution in [0, 0.1) is 0 Å². The van der Waals surface area contributed by atoms with Gasteiger partial charge in [-0.3, -0.25) is 4.79 Å². The predicted octanol–water partition coefficient (Wildman–Crippen LogP) is 3.59. The first-order valence-corrected chi connectivity index (χ1v) is 7.35. The van der Waals surface area contributed by atoms with Crippen molar-refractivity contribution < 1.29 is 32.5 Å². The fraction of sp³-hybridized carbons (Fsp3) is 0.278. The van der Waals surface area contributed by atoms with Gasteiger partial charge in [0.05, 0.1) is 32.8 Å². The zero-order valence-corrected chi connectivity index (χ0v) is 13.7. The standard InChI is InChI=1S/C18H17F3O4/c1-24-16-6-3-11(8-17(23)25-2)7-15(16)14-5-4-13(18(19,20)21)9-12(14)10-22/h3-7,9,22H,8,10H2,1-2H3. The molecule has 0 aliphatic carbocycles. The molecule has 0 unspecified atom stereocenters. The molecule has 0 aliphatic heterocycles. The van der Waals surface area contributed by atoms with Gasteiger partial charge in [0.2, 0.25) is 0 Å². The molecule has 7 heteroatoms. The Hall–Kier alpha value is -2.54. The second kappa shape index (κ2) is 7.57. The van der Waals surface area contributed by atoms with Crippen LogP contribution in [0.25, 0.3) is 11.1 Å². The molecule has 2 aromatic rings. The lowest BCUT2D eigenvalue weighted by Gasteiger charge is -2.16. The molecule has 0 saturated carbocycles. The van der Waals surface area contributed by atoms with Gasteiger partial charge in [-0.15, -0.1) is 0 Å². The van der Waals surface area contributed by atoms with Gasteiger partial charge in [0.1, 0.15) is 5.75 Å². The molecular weight excluding hydrogens is 337 g/mol. The van der Waals surface area contributed by atoms with Crippen molar-refractivity contribution >= 4 is 5.97 Å². The molecule has 0 saturated heterocycles. The SMILES string of the molecule is COC(=O)Cc1ccc(OC)c(-c2ccc(C(F)(F)F)cc2CO)c1. The third-order valence-corrected chi connectivity index (χ3v) is 3.73. The second-order valence-electron chi connectivity index (χ2n) is 5.32. The van der Waals surface area contributed by atoms with Crippen LogP contribution < -0.4 is 4.74 Å². The van der Waals surface area contributed by atoms with Crippen molar-refractivity contribution in [2.24, 2.45) is 0 Å². The summed E-state index contributed by atoms with van der Waals surface area (Å²) >= 11 is 0. The quantitative estimate of drug-likeness (QED) is 0.834. The summed E-state index contributed by atoms with van der Waals surface area (Å²) in [5, 5.41) is 9.50. The van der Waals surface area contributed by atoms with Crippen molar-refractivity contribution in [1.29, 1.82) is 0 Å². The molecule has 1 N–H and O–H groups in total. The van der Waals surface area contributed by atoms with Gasteiger partial charge in [0.15, 0.2) is 0 Å². The highest BCUT2D eigenvalue weighted by atomic mass is 19.4. The number of aliphatic hydroxyl groups excluding tert-OH is 1. The average Bonchev–Trinajstić information content (AvgIpc) is 2.60. The number of esters is 1. The lowest BCUT2D eigenvalue weighted by Crippen LogP contribution is -2.07. The fourth-order valence-corrected chi connectivity index (χ4v) is 2.48. The third kappa shape index (κ3) is 4.30. The van der Waals surface area contributed by atoms with Gasteiger partial charge >= 0.3 is 12.1 Å². The Balaban J connectivity index is 2.55. The molecule has 2 rings (SSSR count). The van der Waals surface area contributed by atoms with Crippen LogP contribution in [0.2, 0.25) is 0 Å². The van der Waals surface area contributed by atoms with Crippen LogP contribution in [0.4, 0.5) is 13.2 Å². The molecule has 0 amide bonds. The zero-order chi connectivity index (χ0) is 18.6. The summed E-state index contributed by atoms with van der Waals surface area (Å²) in [6.45, 7) is -0.566. The molecule has 0 atom stereocenters. The number of methoxy groups -OCH3 is 2. The van der Waals surface area contributed by atoms with Crippen LogP contribution >= 0.6 is 0 Å². The van der Waals surface area contributed by atoms with Gasteiger partial charge in [0, 0.05) is 5.56 Å². The first kappa shape index (κ1) is 18.8. The minimum Gasteiger partial charge on any atom is -0.496 e. The largest absolute Gasteiger partial charge is 0.496 e. The van der Waals surface area contributed by atoms with Gasteiger partial charge in [-0.2, -0.15) is 13.2 Å². The van der Waals surface area contributed by atoms with E-state index in [-0.39, 0.29) is 12.0 Å². The second-order valence-corrected chi connectivity index (χ2v) is 5.32. The molecule has 0 aromatic heterocycles. The monoisotopic (exact) mass is 354 g/mol. The van der Waals surface area contributed by atoms with E-state index in [0.717, 1.165) is 12.1 Å². The smallest absolute Gasteiger partial charge is 0.416 e. The Morgan fingerprint density at radius 3 is 2.36 bits per heavy atom. The lowest BCUT2D eigenvalue weighted by molar-refractivity contribution is -0.140. The lowest BCUT2D eigenvalue weighted by atomic mass is 9.95.